The van der Waals surface area contributed by atoms with E-state index in [1.165, 1.54) is 12.8 Å². The second kappa shape index (κ2) is 3.96. The summed E-state index contributed by atoms with van der Waals surface area (Å²) in [6.45, 7) is 2.61. The number of aromatic nitrogens is 4. The number of rotatable bonds is 4. The molecule has 0 saturated heterocycles. The lowest BCUT2D eigenvalue weighted by molar-refractivity contribution is 0.416. The molecular formula is C11H15N5O. The Hall–Kier alpha value is -1.69. The fraction of sp³-hybridized carbons (Fsp3) is 0.545. The third-order valence-electron chi connectivity index (χ3n) is 2.82. The molecule has 0 unspecified atom stereocenters. The lowest BCUT2D eigenvalue weighted by Crippen LogP contribution is -2.16. The van der Waals surface area contributed by atoms with Gasteiger partial charge in [-0.25, -0.2) is 0 Å². The van der Waals surface area contributed by atoms with E-state index in [2.05, 4.69) is 20.6 Å². The highest BCUT2D eigenvalue weighted by atomic mass is 16.5. The largest absolute Gasteiger partial charge is 0.332 e. The van der Waals surface area contributed by atoms with Crippen molar-refractivity contribution in [3.8, 4) is 11.6 Å². The Balaban J connectivity index is 1.76. The van der Waals surface area contributed by atoms with Crippen LogP contribution in [0.15, 0.2) is 10.6 Å². The van der Waals surface area contributed by atoms with Crippen LogP contribution in [0.1, 0.15) is 24.4 Å². The van der Waals surface area contributed by atoms with Gasteiger partial charge in [0.2, 0.25) is 0 Å². The first-order valence-electron chi connectivity index (χ1n) is 5.79. The van der Waals surface area contributed by atoms with Crippen LogP contribution in [0.4, 0.5) is 0 Å². The number of hydrogen-bond acceptors (Lipinski definition) is 5. The van der Waals surface area contributed by atoms with Crippen molar-refractivity contribution in [2.24, 2.45) is 7.05 Å². The van der Waals surface area contributed by atoms with E-state index in [1.54, 1.807) is 4.68 Å². The van der Waals surface area contributed by atoms with Gasteiger partial charge in [0.1, 0.15) is 5.69 Å². The second-order valence-electron chi connectivity index (χ2n) is 4.47. The van der Waals surface area contributed by atoms with E-state index in [0.29, 0.717) is 24.3 Å². The zero-order valence-corrected chi connectivity index (χ0v) is 9.97. The smallest absolute Gasteiger partial charge is 0.276 e. The molecule has 0 aromatic carbocycles. The van der Waals surface area contributed by atoms with E-state index in [0.717, 1.165) is 11.4 Å². The average Bonchev–Trinajstić information content (AvgIpc) is 2.90. The van der Waals surface area contributed by atoms with E-state index in [-0.39, 0.29) is 0 Å². The monoisotopic (exact) mass is 233 g/mol. The minimum atomic E-state index is 0.528. The standard InChI is InChI=1S/C11H15N5O/c1-7-5-9(16(2)14-7)11-13-10(15-17-11)6-12-8-3-4-8/h5,8,12H,3-4,6H2,1-2H3. The molecule has 3 rings (SSSR count). The van der Waals surface area contributed by atoms with Gasteiger partial charge in [0.25, 0.3) is 5.89 Å². The van der Waals surface area contributed by atoms with Crippen LogP contribution in [0.5, 0.6) is 0 Å². The van der Waals surface area contributed by atoms with Crippen LogP contribution >= 0.6 is 0 Å². The maximum absolute atomic E-state index is 5.24. The summed E-state index contributed by atoms with van der Waals surface area (Å²) in [6.07, 6.45) is 2.51. The minimum Gasteiger partial charge on any atom is -0.332 e. The molecule has 2 aromatic rings. The van der Waals surface area contributed by atoms with Gasteiger partial charge in [-0.15, -0.1) is 0 Å². The molecule has 0 radical (unpaired) electrons. The molecule has 0 bridgehead atoms. The zero-order chi connectivity index (χ0) is 11.8. The van der Waals surface area contributed by atoms with Gasteiger partial charge in [-0.05, 0) is 25.8 Å². The van der Waals surface area contributed by atoms with Crippen molar-refractivity contribution in [1.82, 2.24) is 25.2 Å². The molecule has 0 atom stereocenters. The van der Waals surface area contributed by atoms with Crippen LogP contribution in [-0.4, -0.2) is 26.0 Å². The van der Waals surface area contributed by atoms with Gasteiger partial charge in [-0.1, -0.05) is 5.16 Å². The first-order valence-corrected chi connectivity index (χ1v) is 5.79. The Bertz CT molecular complexity index is 526. The van der Waals surface area contributed by atoms with Crippen molar-refractivity contribution in [1.29, 1.82) is 0 Å². The molecular weight excluding hydrogens is 218 g/mol. The van der Waals surface area contributed by atoms with Crippen LogP contribution in [0.3, 0.4) is 0 Å². The second-order valence-corrected chi connectivity index (χ2v) is 4.47. The van der Waals surface area contributed by atoms with Crippen LogP contribution in [-0.2, 0) is 13.6 Å². The molecule has 0 spiro atoms. The number of nitrogens with one attached hydrogen (secondary N) is 1. The normalized spacial score (nSPS) is 15.4. The van der Waals surface area contributed by atoms with Crippen molar-refractivity contribution < 1.29 is 4.52 Å². The molecule has 1 fully saturated rings. The van der Waals surface area contributed by atoms with Gasteiger partial charge in [0, 0.05) is 13.1 Å². The maximum Gasteiger partial charge on any atom is 0.276 e. The molecule has 1 aliphatic rings. The molecule has 2 aromatic heterocycles. The highest BCUT2D eigenvalue weighted by molar-refractivity contribution is 5.47. The van der Waals surface area contributed by atoms with Crippen LogP contribution < -0.4 is 5.32 Å². The first-order chi connectivity index (χ1) is 8.22. The topological polar surface area (TPSA) is 68.8 Å². The molecule has 90 valence electrons. The summed E-state index contributed by atoms with van der Waals surface area (Å²) in [5.74, 6) is 1.23. The minimum absolute atomic E-state index is 0.528. The lowest BCUT2D eigenvalue weighted by atomic mass is 10.4. The van der Waals surface area contributed by atoms with Gasteiger partial charge in [-0.3, -0.25) is 4.68 Å². The summed E-state index contributed by atoms with van der Waals surface area (Å²) in [4.78, 5) is 4.35. The number of hydrogen-bond donors (Lipinski definition) is 1. The maximum atomic E-state index is 5.24. The van der Waals surface area contributed by atoms with E-state index >= 15 is 0 Å². The summed E-state index contributed by atoms with van der Waals surface area (Å²) in [6, 6.07) is 2.59. The summed E-state index contributed by atoms with van der Waals surface area (Å²) in [7, 11) is 1.87. The molecule has 1 aliphatic carbocycles. The summed E-state index contributed by atoms with van der Waals surface area (Å²) in [5, 5.41) is 11.6. The number of nitrogens with zero attached hydrogens (tertiary/aromatic N) is 4. The Kier molecular flexibility index (Phi) is 2.44. The highest BCUT2D eigenvalue weighted by Gasteiger charge is 2.21. The van der Waals surface area contributed by atoms with Gasteiger partial charge in [0.05, 0.1) is 12.2 Å². The van der Waals surface area contributed by atoms with Crippen molar-refractivity contribution in [2.45, 2.75) is 32.4 Å². The highest BCUT2D eigenvalue weighted by Crippen LogP contribution is 2.20. The molecule has 6 nitrogen and oxygen atoms in total. The van der Waals surface area contributed by atoms with Crippen molar-refractivity contribution in [3.63, 3.8) is 0 Å². The quantitative estimate of drug-likeness (QED) is 0.854. The molecule has 0 amide bonds. The molecule has 0 aliphatic heterocycles. The third-order valence-corrected chi connectivity index (χ3v) is 2.82. The molecule has 1 saturated carbocycles. The van der Waals surface area contributed by atoms with Crippen molar-refractivity contribution in [3.05, 3.63) is 17.6 Å². The van der Waals surface area contributed by atoms with Crippen LogP contribution in [0.25, 0.3) is 11.6 Å². The fourth-order valence-electron chi connectivity index (χ4n) is 1.76. The van der Waals surface area contributed by atoms with Crippen LogP contribution in [0.2, 0.25) is 0 Å². The van der Waals surface area contributed by atoms with Gasteiger partial charge in [-0.2, -0.15) is 10.1 Å². The Labute approximate surface area is 99.0 Å². The fourth-order valence-corrected chi connectivity index (χ4v) is 1.76. The predicted octanol–water partition coefficient (Wildman–Crippen LogP) is 1.03. The zero-order valence-electron chi connectivity index (χ0n) is 9.97. The molecule has 2 heterocycles. The number of aryl methyl sites for hydroxylation is 2. The van der Waals surface area contributed by atoms with Gasteiger partial charge in [0.15, 0.2) is 5.82 Å². The third kappa shape index (κ3) is 2.21. The van der Waals surface area contributed by atoms with Crippen molar-refractivity contribution >= 4 is 0 Å². The SMILES string of the molecule is Cc1cc(-c2nc(CNC3CC3)no2)n(C)n1. The predicted molar refractivity (Wildman–Crippen MR) is 61.1 cm³/mol. The molecule has 1 N–H and O–H groups in total. The molecule has 6 heteroatoms. The Morgan fingerprint density at radius 3 is 3.00 bits per heavy atom. The average molecular weight is 233 g/mol. The van der Waals surface area contributed by atoms with Gasteiger partial charge < -0.3 is 9.84 Å². The summed E-state index contributed by atoms with van der Waals surface area (Å²) < 4.78 is 6.99. The van der Waals surface area contributed by atoms with Gasteiger partial charge >= 0.3 is 0 Å². The Morgan fingerprint density at radius 1 is 1.53 bits per heavy atom. The van der Waals surface area contributed by atoms with Crippen molar-refractivity contribution in [2.75, 3.05) is 0 Å². The van der Waals surface area contributed by atoms with Crippen LogP contribution in [0, 0.1) is 6.92 Å². The van der Waals surface area contributed by atoms with E-state index in [1.807, 2.05) is 20.0 Å². The Morgan fingerprint density at radius 2 is 2.35 bits per heavy atom. The van der Waals surface area contributed by atoms with E-state index in [9.17, 15) is 0 Å². The van der Waals surface area contributed by atoms with E-state index in [4.69, 9.17) is 4.52 Å². The van der Waals surface area contributed by atoms with E-state index < -0.39 is 0 Å². The first kappa shape index (κ1) is 10.5. The lowest BCUT2D eigenvalue weighted by Gasteiger charge is -1.95. The summed E-state index contributed by atoms with van der Waals surface area (Å²) in [5.41, 5.74) is 1.80. The summed E-state index contributed by atoms with van der Waals surface area (Å²) >= 11 is 0. The molecule has 17 heavy (non-hydrogen) atoms.